The van der Waals surface area contributed by atoms with Crippen molar-refractivity contribution in [1.29, 1.82) is 0 Å². The molecular formula is C11H14N4OSe. The fraction of sp³-hybridized carbons (Fsp3) is 0.364. The molecule has 17 heavy (non-hydrogen) atoms. The number of carbonyl (C=O) groups is 1. The van der Waals surface area contributed by atoms with Gasteiger partial charge in [-0.1, -0.05) is 0 Å². The Labute approximate surface area is 106 Å². The zero-order valence-corrected chi connectivity index (χ0v) is 11.2. The second-order valence-electron chi connectivity index (χ2n) is 3.82. The van der Waals surface area contributed by atoms with E-state index in [0.29, 0.717) is 12.1 Å². The zero-order chi connectivity index (χ0) is 12.3. The molecule has 2 rings (SSSR count). The summed E-state index contributed by atoms with van der Waals surface area (Å²) in [6.45, 7) is 2.00. The molecule has 0 aliphatic carbocycles. The maximum absolute atomic E-state index is 11.8. The minimum atomic E-state index is -0.459. The van der Waals surface area contributed by atoms with Crippen LogP contribution in [0, 0.1) is 0 Å². The van der Waals surface area contributed by atoms with Gasteiger partial charge in [0.15, 0.2) is 0 Å². The third-order valence-corrected chi connectivity index (χ3v) is 3.62. The van der Waals surface area contributed by atoms with Gasteiger partial charge < -0.3 is 0 Å². The molecule has 90 valence electrons. The number of carbonyl (C=O) groups excluding carboxylic acids is 1. The Morgan fingerprint density at radius 1 is 1.53 bits per heavy atom. The van der Waals surface area contributed by atoms with Gasteiger partial charge in [-0.05, 0) is 0 Å². The number of hydrogen-bond acceptors (Lipinski definition) is 4. The molecule has 0 unspecified atom stereocenters. The van der Waals surface area contributed by atoms with Gasteiger partial charge in [-0.15, -0.1) is 0 Å². The van der Waals surface area contributed by atoms with Crippen LogP contribution in [0.5, 0.6) is 0 Å². The SMILES string of the molecule is CCC[C@@H](N)C(=O)Nc1cccc2c1N=[Se]=N2. The van der Waals surface area contributed by atoms with E-state index in [-0.39, 0.29) is 20.5 Å². The molecule has 3 N–H and O–H groups in total. The molecule has 5 nitrogen and oxygen atoms in total. The van der Waals surface area contributed by atoms with Crippen LogP contribution in [0.4, 0.5) is 17.1 Å². The van der Waals surface area contributed by atoms with Crippen molar-refractivity contribution in [2.75, 3.05) is 5.32 Å². The molecule has 1 aromatic rings. The number of hydrogen-bond donors (Lipinski definition) is 2. The first-order chi connectivity index (χ1) is 8.22. The summed E-state index contributed by atoms with van der Waals surface area (Å²) in [5.74, 6) is -0.158. The predicted molar refractivity (Wildman–Crippen MR) is 67.9 cm³/mol. The summed E-state index contributed by atoms with van der Waals surface area (Å²) in [6, 6.07) is 5.13. The number of nitrogens with zero attached hydrogens (tertiary/aromatic N) is 2. The monoisotopic (exact) mass is 298 g/mol. The van der Waals surface area contributed by atoms with Crippen molar-refractivity contribution >= 4 is 37.5 Å². The fourth-order valence-electron chi connectivity index (χ4n) is 1.57. The number of anilines is 1. The van der Waals surface area contributed by atoms with E-state index in [1.807, 2.05) is 25.1 Å². The van der Waals surface area contributed by atoms with Gasteiger partial charge in [0.2, 0.25) is 0 Å². The average molecular weight is 297 g/mol. The standard InChI is InChI=1S/C11H14N4OSe/c1-2-4-7(12)11(16)13-8-5-3-6-9-10(8)15-17-14-9/h3,5-7H,2,4,12H2,1H3,(H,13,16)/t7-/m1/s1. The maximum atomic E-state index is 11.8. The van der Waals surface area contributed by atoms with Crippen LogP contribution >= 0.6 is 0 Å². The topological polar surface area (TPSA) is 79.8 Å². The molecule has 1 atom stereocenters. The number of benzene rings is 1. The molecule has 1 aromatic carbocycles. The Balaban J connectivity index is 2.13. The molecule has 1 aliphatic rings. The second kappa shape index (κ2) is 5.40. The van der Waals surface area contributed by atoms with E-state index in [1.54, 1.807) is 0 Å². The molecule has 6 heteroatoms. The summed E-state index contributed by atoms with van der Waals surface area (Å²) in [5, 5.41) is 2.82. The van der Waals surface area contributed by atoms with Gasteiger partial charge in [0.1, 0.15) is 0 Å². The van der Waals surface area contributed by atoms with Crippen molar-refractivity contribution in [3.05, 3.63) is 18.2 Å². The second-order valence-corrected chi connectivity index (χ2v) is 4.93. The molecule has 0 aromatic heterocycles. The Hall–Kier alpha value is -1.23. The zero-order valence-electron chi connectivity index (χ0n) is 9.51. The van der Waals surface area contributed by atoms with Crippen LogP contribution in [0.1, 0.15) is 19.8 Å². The Kier molecular flexibility index (Phi) is 3.89. The van der Waals surface area contributed by atoms with Gasteiger partial charge in [0.25, 0.3) is 0 Å². The van der Waals surface area contributed by atoms with Gasteiger partial charge in [-0.2, -0.15) is 0 Å². The molecule has 1 amide bonds. The van der Waals surface area contributed by atoms with Gasteiger partial charge >= 0.3 is 105 Å². The molecule has 1 heterocycles. The molecule has 0 spiro atoms. The van der Waals surface area contributed by atoms with Crippen LogP contribution in [0.2, 0.25) is 0 Å². The normalized spacial score (nSPS) is 14.0. The van der Waals surface area contributed by atoms with Crippen molar-refractivity contribution in [3.8, 4) is 0 Å². The molecular weight excluding hydrogens is 283 g/mol. The van der Waals surface area contributed by atoms with Crippen LogP contribution in [0.15, 0.2) is 26.1 Å². The quantitative estimate of drug-likeness (QED) is 0.847. The van der Waals surface area contributed by atoms with Crippen molar-refractivity contribution in [2.45, 2.75) is 25.8 Å². The summed E-state index contributed by atoms with van der Waals surface area (Å²) in [7, 11) is 0. The predicted octanol–water partition coefficient (Wildman–Crippen LogP) is 2.10. The molecule has 1 aliphatic heterocycles. The fourth-order valence-corrected chi connectivity index (χ4v) is 2.73. The number of rotatable bonds is 4. The number of fused-ring (bicyclic) bond motifs is 1. The first kappa shape index (κ1) is 12.2. The number of nitrogens with two attached hydrogens (primary N) is 1. The summed E-state index contributed by atoms with van der Waals surface area (Å²) in [6.07, 6.45) is 1.58. The summed E-state index contributed by atoms with van der Waals surface area (Å²) in [5.41, 5.74) is 8.10. The molecule has 0 radical (unpaired) electrons. The van der Waals surface area contributed by atoms with Crippen LogP contribution in [0.25, 0.3) is 0 Å². The van der Waals surface area contributed by atoms with Crippen LogP contribution in [-0.2, 0) is 4.79 Å². The first-order valence-electron chi connectivity index (χ1n) is 5.50. The third kappa shape index (κ3) is 2.72. The van der Waals surface area contributed by atoms with E-state index in [4.69, 9.17) is 5.73 Å². The van der Waals surface area contributed by atoms with Crippen LogP contribution in [-0.4, -0.2) is 26.5 Å². The van der Waals surface area contributed by atoms with Crippen molar-refractivity contribution in [1.82, 2.24) is 0 Å². The van der Waals surface area contributed by atoms with E-state index in [0.717, 1.165) is 17.8 Å². The van der Waals surface area contributed by atoms with Gasteiger partial charge in [0, 0.05) is 0 Å². The van der Waals surface area contributed by atoms with Gasteiger partial charge in [-0.3, -0.25) is 0 Å². The third-order valence-electron chi connectivity index (χ3n) is 2.48. The summed E-state index contributed by atoms with van der Waals surface area (Å²) in [4.78, 5) is 11.8. The minimum absolute atomic E-state index is 0.0886. The summed E-state index contributed by atoms with van der Waals surface area (Å²) < 4.78 is 8.56. The van der Waals surface area contributed by atoms with Crippen molar-refractivity contribution in [3.63, 3.8) is 0 Å². The Morgan fingerprint density at radius 3 is 3.12 bits per heavy atom. The molecule has 0 saturated heterocycles. The van der Waals surface area contributed by atoms with Crippen LogP contribution < -0.4 is 11.1 Å². The average Bonchev–Trinajstić information content (AvgIpc) is 2.78. The van der Waals surface area contributed by atoms with Crippen molar-refractivity contribution in [2.24, 2.45) is 13.7 Å². The molecule has 0 saturated carbocycles. The van der Waals surface area contributed by atoms with Crippen LogP contribution in [0.3, 0.4) is 0 Å². The van der Waals surface area contributed by atoms with E-state index < -0.39 is 6.04 Å². The first-order valence-corrected chi connectivity index (χ1v) is 7.03. The number of nitrogens with one attached hydrogen (secondary N) is 1. The number of amides is 1. The van der Waals surface area contributed by atoms with E-state index in [1.165, 1.54) is 0 Å². The van der Waals surface area contributed by atoms with E-state index in [9.17, 15) is 4.79 Å². The summed E-state index contributed by atoms with van der Waals surface area (Å²) >= 11 is -0.0886. The Morgan fingerprint density at radius 2 is 2.35 bits per heavy atom. The Bertz CT molecular complexity index is 508. The van der Waals surface area contributed by atoms with E-state index in [2.05, 4.69) is 13.2 Å². The van der Waals surface area contributed by atoms with Crippen molar-refractivity contribution < 1.29 is 4.79 Å². The van der Waals surface area contributed by atoms with Gasteiger partial charge in [-0.25, -0.2) is 0 Å². The van der Waals surface area contributed by atoms with Gasteiger partial charge in [0.05, 0.1) is 0 Å². The molecule has 0 bridgehead atoms. The molecule has 0 fully saturated rings. The van der Waals surface area contributed by atoms with E-state index >= 15 is 0 Å².